The van der Waals surface area contributed by atoms with Crippen LogP contribution in [-0.4, -0.2) is 39.6 Å². The minimum absolute atomic E-state index is 0.0818. The third kappa shape index (κ3) is 3.35. The van der Waals surface area contributed by atoms with Crippen molar-refractivity contribution in [2.45, 2.75) is 30.3 Å². The molecule has 0 aromatic carbocycles. The lowest BCUT2D eigenvalue weighted by Gasteiger charge is -2.17. The lowest BCUT2D eigenvalue weighted by molar-refractivity contribution is -0.136. The lowest BCUT2D eigenvalue weighted by Crippen LogP contribution is -2.24. The van der Waals surface area contributed by atoms with E-state index in [9.17, 15) is 4.79 Å². The van der Waals surface area contributed by atoms with Crippen LogP contribution in [0.5, 0.6) is 0 Å². The second-order valence-electron chi connectivity index (χ2n) is 2.16. The molecule has 1 N–H and O–H groups in total. The van der Waals surface area contributed by atoms with Crippen LogP contribution in [0.25, 0.3) is 0 Å². The number of rotatable bonds is 5. The van der Waals surface area contributed by atoms with Gasteiger partial charge in [0.2, 0.25) is 0 Å². The van der Waals surface area contributed by atoms with Gasteiger partial charge in [0.15, 0.2) is 0 Å². The lowest BCUT2D eigenvalue weighted by atomic mass is 10.5. The monoisotopic (exact) mass is 200 g/mol. The zero-order valence-corrected chi connectivity index (χ0v) is 10.0. The highest BCUT2D eigenvalue weighted by Gasteiger charge is 2.24. The molecule has 0 fully saturated rings. The normalized spacial score (nSPS) is 13.5. The van der Waals surface area contributed by atoms with Crippen LogP contribution in [0.4, 0.5) is 0 Å². The summed E-state index contributed by atoms with van der Waals surface area (Å²) >= 11 is 0. The summed E-state index contributed by atoms with van der Waals surface area (Å²) in [5, 5.41) is 9.25. The Morgan fingerprint density at radius 1 is 1.18 bits per heavy atom. The number of carbonyl (C=O) groups is 1. The number of hydrogen-bond donors (Lipinski definition) is 1. The molecular weight excluding hydrogens is 188 g/mol. The van der Waals surface area contributed by atoms with E-state index in [1.54, 1.807) is 0 Å². The highest BCUT2D eigenvalue weighted by atomic mass is 28.3. The van der Waals surface area contributed by atoms with E-state index in [2.05, 4.69) is 13.1 Å². The third-order valence-electron chi connectivity index (χ3n) is 1.53. The molecule has 1 unspecified atom stereocenters. The first-order valence-corrected chi connectivity index (χ1v) is 8.15. The Balaban J connectivity index is 4.09. The van der Waals surface area contributed by atoms with Gasteiger partial charge in [0.1, 0.15) is 0 Å². The van der Waals surface area contributed by atoms with E-state index in [-0.39, 0.29) is 5.54 Å². The molecule has 0 aromatic heterocycles. The highest BCUT2D eigenvalue weighted by molar-refractivity contribution is 6.62. The smallest absolute Gasteiger partial charge is 0.302 e. The minimum atomic E-state index is -0.612. The van der Waals surface area contributed by atoms with Crippen molar-refractivity contribution in [3.8, 4) is 0 Å². The first-order chi connectivity index (χ1) is 5.17. The van der Waals surface area contributed by atoms with Crippen molar-refractivity contribution < 1.29 is 9.90 Å². The second-order valence-corrected chi connectivity index (χ2v) is 6.34. The molecule has 5 heteroatoms. The molecule has 0 bridgehead atoms. The number of hydrogen-bond acceptors (Lipinski definition) is 1. The summed E-state index contributed by atoms with van der Waals surface area (Å²) in [6, 6.07) is 0. The molecule has 0 rings (SSSR count). The molecule has 0 heterocycles. The van der Waals surface area contributed by atoms with Crippen LogP contribution in [0.15, 0.2) is 0 Å². The van der Waals surface area contributed by atoms with Crippen molar-refractivity contribution in [3.05, 3.63) is 0 Å². The molecule has 0 amide bonds. The van der Waals surface area contributed by atoms with Crippen molar-refractivity contribution in [3.63, 3.8) is 0 Å². The predicted molar refractivity (Wildman–Crippen MR) is 50.0 cm³/mol. The maximum Gasteiger partial charge on any atom is 0.302 e. The van der Waals surface area contributed by atoms with Gasteiger partial charge in [0.05, 0.1) is 9.52 Å². The number of aliphatic carboxylic acids is 1. The summed E-state index contributed by atoms with van der Waals surface area (Å²) in [5.74, 6) is -0.612. The summed E-state index contributed by atoms with van der Waals surface area (Å²) in [7, 11) is 2.07. The molecule has 6 radical (unpaired) electrons. The van der Waals surface area contributed by atoms with Gasteiger partial charge in [-0.15, -0.1) is 0 Å². The minimum Gasteiger partial charge on any atom is -0.481 e. The molecule has 0 aliphatic heterocycles. The quantitative estimate of drug-likeness (QED) is 0.669. The molecule has 0 aliphatic rings. The van der Waals surface area contributed by atoms with Gasteiger partial charge in [-0.05, 0) is 5.16 Å². The van der Waals surface area contributed by atoms with E-state index in [0.29, 0.717) is 14.7 Å². The summed E-state index contributed by atoms with van der Waals surface area (Å²) in [6.07, 6.45) is 0. The van der Waals surface area contributed by atoms with Gasteiger partial charge in [-0.25, -0.2) is 0 Å². The fraction of sp³-hybridized carbons (Fsp3) is 0.833. The van der Waals surface area contributed by atoms with Gasteiger partial charge in [-0.1, -0.05) is 19.6 Å². The summed E-state index contributed by atoms with van der Waals surface area (Å²) in [4.78, 5) is 10.7. The molecular formula is C6H12O2Si3. The van der Waals surface area contributed by atoms with Crippen LogP contribution in [0.1, 0.15) is 0 Å². The summed E-state index contributed by atoms with van der Waals surface area (Å²) < 4.78 is 0. The molecule has 60 valence electrons. The Bertz CT molecular complexity index is 125. The average molecular weight is 200 g/mol. The van der Waals surface area contributed by atoms with Crippen LogP contribution in [0, 0.1) is 0 Å². The first-order valence-electron chi connectivity index (χ1n) is 3.42. The van der Waals surface area contributed by atoms with Crippen LogP contribution in [0.3, 0.4) is 0 Å². The molecule has 0 spiro atoms. The maximum absolute atomic E-state index is 10.7. The largest absolute Gasteiger partial charge is 0.481 e. The summed E-state index contributed by atoms with van der Waals surface area (Å²) in [5.41, 5.74) is -0.0818. The van der Waals surface area contributed by atoms with E-state index < -0.39 is 5.97 Å². The molecule has 0 saturated carbocycles. The molecule has 1 atom stereocenters. The molecule has 11 heavy (non-hydrogen) atoms. The zero-order valence-electron chi connectivity index (χ0n) is 7.01. The van der Waals surface area contributed by atoms with Gasteiger partial charge in [-0.3, -0.25) is 4.79 Å². The number of carboxylic acids is 1. The van der Waals surface area contributed by atoms with E-state index >= 15 is 0 Å². The first kappa shape index (κ1) is 11.1. The van der Waals surface area contributed by atoms with Gasteiger partial charge in [-0.2, -0.15) is 0 Å². The van der Waals surface area contributed by atoms with Gasteiger partial charge in [0.25, 0.3) is 0 Å². The highest BCUT2D eigenvalue weighted by Crippen LogP contribution is 2.21. The fourth-order valence-corrected chi connectivity index (χ4v) is 5.60. The average Bonchev–Trinajstić information content (AvgIpc) is 1.99. The van der Waals surface area contributed by atoms with Crippen LogP contribution in [0.2, 0.25) is 30.3 Å². The van der Waals surface area contributed by atoms with Crippen LogP contribution < -0.4 is 0 Å². The van der Waals surface area contributed by atoms with E-state index in [1.165, 1.54) is 0 Å². The third-order valence-corrected chi connectivity index (χ3v) is 7.04. The van der Waals surface area contributed by atoms with E-state index in [0.717, 1.165) is 19.0 Å². The molecule has 0 saturated heterocycles. The Labute approximate surface area is 75.2 Å². The molecule has 0 aromatic rings. The topological polar surface area (TPSA) is 37.3 Å². The van der Waals surface area contributed by atoms with Crippen molar-refractivity contribution in [2.75, 3.05) is 0 Å². The summed E-state index contributed by atoms with van der Waals surface area (Å²) in [6.45, 7) is 6.17. The van der Waals surface area contributed by atoms with E-state index in [4.69, 9.17) is 5.11 Å². The Morgan fingerprint density at radius 3 is 1.73 bits per heavy atom. The van der Waals surface area contributed by atoms with Crippen molar-refractivity contribution in [2.24, 2.45) is 0 Å². The zero-order chi connectivity index (χ0) is 8.85. The van der Waals surface area contributed by atoms with Crippen molar-refractivity contribution in [1.82, 2.24) is 0 Å². The fourth-order valence-electron chi connectivity index (χ4n) is 0.910. The molecule has 0 aliphatic carbocycles. The Morgan fingerprint density at radius 2 is 1.64 bits per heavy atom. The van der Waals surface area contributed by atoms with Gasteiger partial charge >= 0.3 is 5.97 Å². The Kier molecular flexibility index (Phi) is 5.79. The van der Waals surface area contributed by atoms with Crippen LogP contribution >= 0.6 is 0 Å². The molecule has 2 nitrogen and oxygen atoms in total. The van der Waals surface area contributed by atoms with Crippen molar-refractivity contribution >= 4 is 34.5 Å². The predicted octanol–water partition coefficient (Wildman–Crippen LogP) is 0.862. The maximum atomic E-state index is 10.7. The van der Waals surface area contributed by atoms with E-state index in [1.807, 2.05) is 6.55 Å². The Hall–Kier alpha value is 0.121. The van der Waals surface area contributed by atoms with Crippen molar-refractivity contribution in [1.29, 1.82) is 0 Å². The van der Waals surface area contributed by atoms with Crippen LogP contribution in [-0.2, 0) is 4.79 Å². The van der Waals surface area contributed by atoms with Gasteiger partial charge < -0.3 is 5.11 Å². The SMILES string of the molecule is C[Si]C([Si]C)C([Si]C)C(=O)O. The number of carboxylic acid groups (broad SMARTS) is 1. The second kappa shape index (κ2) is 5.73. The van der Waals surface area contributed by atoms with Gasteiger partial charge in [0, 0.05) is 24.6 Å². The standard InChI is InChI=1S/C6H12O2Si3/c1-9-4(5(7)8)6(10-2)11-3/h4,6H,1-3H3,(H,7,8).